The van der Waals surface area contributed by atoms with Gasteiger partial charge < -0.3 is 4.74 Å². The molecular formula is C14H15NO2S. The first kappa shape index (κ1) is 12.9. The number of nitrogens with zero attached hydrogens (tertiary/aromatic N) is 1. The van der Waals surface area contributed by atoms with Crippen LogP contribution in [0.1, 0.15) is 32.9 Å². The molecule has 2 rings (SSSR count). The number of rotatable bonds is 5. The highest BCUT2D eigenvalue weighted by Crippen LogP contribution is 2.22. The van der Waals surface area contributed by atoms with Crippen molar-refractivity contribution < 1.29 is 9.53 Å². The number of aromatic nitrogens is 1. The molecule has 0 radical (unpaired) electrons. The largest absolute Gasteiger partial charge is 0.378 e. The topological polar surface area (TPSA) is 39.2 Å². The predicted molar refractivity (Wildman–Crippen MR) is 72.1 cm³/mol. The molecule has 94 valence electrons. The lowest BCUT2D eigenvalue weighted by Gasteiger charge is -1.96. The molecule has 1 heterocycles. The SMILES string of the molecule is COCc1nc(Cc2ccccc2)sc1C(C)=O. The zero-order valence-electron chi connectivity index (χ0n) is 10.5. The molecule has 4 heteroatoms. The maximum absolute atomic E-state index is 11.5. The van der Waals surface area contributed by atoms with Crippen LogP contribution in [0.15, 0.2) is 30.3 Å². The van der Waals surface area contributed by atoms with Crippen molar-refractivity contribution in [1.29, 1.82) is 0 Å². The summed E-state index contributed by atoms with van der Waals surface area (Å²) < 4.78 is 5.07. The number of hydrogen-bond acceptors (Lipinski definition) is 4. The van der Waals surface area contributed by atoms with Gasteiger partial charge in [-0.3, -0.25) is 4.79 Å². The van der Waals surface area contributed by atoms with E-state index in [-0.39, 0.29) is 5.78 Å². The summed E-state index contributed by atoms with van der Waals surface area (Å²) in [5.41, 5.74) is 1.95. The minimum Gasteiger partial charge on any atom is -0.378 e. The number of carbonyl (C=O) groups excluding carboxylic acids is 1. The zero-order valence-corrected chi connectivity index (χ0v) is 11.3. The number of thiazole rings is 1. The number of ether oxygens (including phenoxy) is 1. The van der Waals surface area contributed by atoms with Crippen LogP contribution in [-0.2, 0) is 17.8 Å². The predicted octanol–water partition coefficient (Wildman–Crippen LogP) is 3.08. The first-order chi connectivity index (χ1) is 8.70. The Morgan fingerprint density at radius 3 is 2.67 bits per heavy atom. The third-order valence-electron chi connectivity index (χ3n) is 2.54. The van der Waals surface area contributed by atoms with Crippen LogP contribution in [0, 0.1) is 0 Å². The summed E-state index contributed by atoms with van der Waals surface area (Å²) in [4.78, 5) is 16.7. The van der Waals surface area contributed by atoms with Crippen molar-refractivity contribution in [2.75, 3.05) is 7.11 Å². The van der Waals surface area contributed by atoms with Gasteiger partial charge in [-0.1, -0.05) is 30.3 Å². The van der Waals surface area contributed by atoms with Gasteiger partial charge in [0.25, 0.3) is 0 Å². The maximum atomic E-state index is 11.5. The van der Waals surface area contributed by atoms with Gasteiger partial charge in [-0.05, 0) is 5.56 Å². The van der Waals surface area contributed by atoms with Gasteiger partial charge in [-0.15, -0.1) is 11.3 Å². The molecule has 1 aromatic heterocycles. The molecule has 0 aliphatic heterocycles. The van der Waals surface area contributed by atoms with Crippen molar-refractivity contribution in [2.24, 2.45) is 0 Å². The van der Waals surface area contributed by atoms with Crippen molar-refractivity contribution in [3.05, 3.63) is 51.5 Å². The Morgan fingerprint density at radius 1 is 1.33 bits per heavy atom. The quantitative estimate of drug-likeness (QED) is 0.776. The fourth-order valence-electron chi connectivity index (χ4n) is 1.76. The Balaban J connectivity index is 2.24. The van der Waals surface area contributed by atoms with E-state index in [9.17, 15) is 4.79 Å². The lowest BCUT2D eigenvalue weighted by molar-refractivity contribution is 0.101. The van der Waals surface area contributed by atoms with Crippen LogP contribution in [0.25, 0.3) is 0 Å². The summed E-state index contributed by atoms with van der Waals surface area (Å²) in [6.07, 6.45) is 0.759. The molecule has 2 aromatic rings. The lowest BCUT2D eigenvalue weighted by atomic mass is 10.2. The third kappa shape index (κ3) is 3.03. The van der Waals surface area contributed by atoms with Gasteiger partial charge in [0.1, 0.15) is 0 Å². The summed E-state index contributed by atoms with van der Waals surface area (Å²) in [5, 5.41) is 0.957. The molecular weight excluding hydrogens is 246 g/mol. The molecule has 0 atom stereocenters. The minimum atomic E-state index is 0.0545. The molecule has 0 aliphatic rings. The molecule has 0 spiro atoms. The summed E-state index contributed by atoms with van der Waals surface area (Å²) in [5.74, 6) is 0.0545. The highest BCUT2D eigenvalue weighted by atomic mass is 32.1. The Kier molecular flexibility index (Phi) is 4.23. The molecule has 1 aromatic carbocycles. The number of carbonyl (C=O) groups is 1. The Bertz CT molecular complexity index is 534. The van der Waals surface area contributed by atoms with Crippen LogP contribution in [0.2, 0.25) is 0 Å². The fourth-order valence-corrected chi connectivity index (χ4v) is 2.75. The van der Waals surface area contributed by atoms with Crippen LogP contribution in [0.5, 0.6) is 0 Å². The number of benzene rings is 1. The Morgan fingerprint density at radius 2 is 2.06 bits per heavy atom. The van der Waals surface area contributed by atoms with Crippen LogP contribution >= 0.6 is 11.3 Å². The highest BCUT2D eigenvalue weighted by Gasteiger charge is 2.14. The molecule has 0 saturated heterocycles. The van der Waals surface area contributed by atoms with Gasteiger partial charge >= 0.3 is 0 Å². The average Bonchev–Trinajstić information content (AvgIpc) is 2.74. The zero-order chi connectivity index (χ0) is 13.0. The van der Waals surface area contributed by atoms with Crippen LogP contribution in [0.3, 0.4) is 0 Å². The maximum Gasteiger partial charge on any atom is 0.171 e. The summed E-state index contributed by atoms with van der Waals surface area (Å²) in [6.45, 7) is 1.96. The van der Waals surface area contributed by atoms with Crippen LogP contribution in [-0.4, -0.2) is 17.9 Å². The molecule has 3 nitrogen and oxygen atoms in total. The van der Waals surface area contributed by atoms with Crippen molar-refractivity contribution in [3.8, 4) is 0 Å². The van der Waals surface area contributed by atoms with E-state index in [1.807, 2.05) is 18.2 Å². The van der Waals surface area contributed by atoms with Gasteiger partial charge in [0.05, 0.1) is 22.2 Å². The van der Waals surface area contributed by atoms with Crippen molar-refractivity contribution in [2.45, 2.75) is 20.0 Å². The Labute approximate surface area is 110 Å². The molecule has 0 bridgehead atoms. The average molecular weight is 261 g/mol. The molecule has 0 unspecified atom stereocenters. The highest BCUT2D eigenvalue weighted by molar-refractivity contribution is 7.13. The number of Topliss-reactive ketones (excluding diaryl/α,β-unsaturated/α-hetero) is 1. The van der Waals surface area contributed by atoms with E-state index in [1.165, 1.54) is 16.9 Å². The first-order valence-electron chi connectivity index (χ1n) is 5.73. The van der Waals surface area contributed by atoms with Crippen LogP contribution < -0.4 is 0 Å². The summed E-state index contributed by atoms with van der Waals surface area (Å²) >= 11 is 1.46. The van der Waals surface area contributed by atoms with E-state index in [4.69, 9.17) is 4.74 Å². The molecule has 0 amide bonds. The van der Waals surface area contributed by atoms with Gasteiger partial charge in [-0.2, -0.15) is 0 Å². The number of ketones is 1. The first-order valence-corrected chi connectivity index (χ1v) is 6.54. The fraction of sp³-hybridized carbons (Fsp3) is 0.286. The van der Waals surface area contributed by atoms with Gasteiger partial charge in [0.2, 0.25) is 0 Å². The lowest BCUT2D eigenvalue weighted by Crippen LogP contribution is -1.97. The summed E-state index contributed by atoms with van der Waals surface area (Å²) in [7, 11) is 1.61. The number of hydrogen-bond donors (Lipinski definition) is 0. The monoisotopic (exact) mass is 261 g/mol. The normalized spacial score (nSPS) is 10.6. The van der Waals surface area contributed by atoms with E-state index in [0.29, 0.717) is 11.5 Å². The molecule has 0 N–H and O–H groups in total. The van der Waals surface area contributed by atoms with Gasteiger partial charge in [0.15, 0.2) is 5.78 Å². The molecule has 0 fully saturated rings. The second kappa shape index (κ2) is 5.89. The van der Waals surface area contributed by atoms with E-state index in [0.717, 1.165) is 17.1 Å². The standard InChI is InChI=1S/C14H15NO2S/c1-10(16)14-12(9-17-2)15-13(18-14)8-11-6-4-3-5-7-11/h3-7H,8-9H2,1-2H3. The van der Waals surface area contributed by atoms with Crippen LogP contribution in [0.4, 0.5) is 0 Å². The number of methoxy groups -OCH3 is 1. The van der Waals surface area contributed by atoms with Crippen molar-refractivity contribution in [1.82, 2.24) is 4.98 Å². The van der Waals surface area contributed by atoms with Crippen molar-refractivity contribution >= 4 is 17.1 Å². The summed E-state index contributed by atoms with van der Waals surface area (Å²) in [6, 6.07) is 10.1. The van der Waals surface area contributed by atoms with Gasteiger partial charge in [0, 0.05) is 20.5 Å². The van der Waals surface area contributed by atoms with E-state index in [2.05, 4.69) is 17.1 Å². The second-order valence-electron chi connectivity index (χ2n) is 4.03. The second-order valence-corrected chi connectivity index (χ2v) is 5.12. The van der Waals surface area contributed by atoms with E-state index in [1.54, 1.807) is 14.0 Å². The van der Waals surface area contributed by atoms with Gasteiger partial charge in [-0.25, -0.2) is 4.98 Å². The smallest absolute Gasteiger partial charge is 0.171 e. The van der Waals surface area contributed by atoms with Crippen molar-refractivity contribution in [3.63, 3.8) is 0 Å². The van der Waals surface area contributed by atoms with E-state index < -0.39 is 0 Å². The minimum absolute atomic E-state index is 0.0545. The Hall–Kier alpha value is -1.52. The molecule has 0 saturated carbocycles. The molecule has 0 aliphatic carbocycles. The van der Waals surface area contributed by atoms with E-state index >= 15 is 0 Å². The molecule has 18 heavy (non-hydrogen) atoms. The third-order valence-corrected chi connectivity index (χ3v) is 3.74.